The van der Waals surface area contributed by atoms with Crippen LogP contribution in [0, 0.1) is 0 Å². The number of nitrogens with zero attached hydrogens (tertiary/aromatic N) is 1. The Hall–Kier alpha value is -0.613. The monoisotopic (exact) mass is 227 g/mol. The Morgan fingerprint density at radius 2 is 2.20 bits per heavy atom. The van der Waals surface area contributed by atoms with Crippen molar-refractivity contribution in [1.29, 1.82) is 0 Å². The predicted molar refractivity (Wildman–Crippen MR) is 64.4 cm³/mol. The van der Waals surface area contributed by atoms with Gasteiger partial charge in [0, 0.05) is 21.2 Å². The maximum atomic E-state index is 11.4. The fourth-order valence-electron chi connectivity index (χ4n) is 1.31. The van der Waals surface area contributed by atoms with Crippen LogP contribution in [0.15, 0.2) is 12.2 Å². The molecule has 0 aromatic rings. The third kappa shape index (κ3) is 5.13. The minimum atomic E-state index is -1.00. The highest BCUT2D eigenvalue weighted by Gasteiger charge is 2.15. The first kappa shape index (κ1) is 12.5. The lowest BCUT2D eigenvalue weighted by atomic mass is 10.2. The van der Waals surface area contributed by atoms with E-state index in [1.54, 1.807) is 11.0 Å². The van der Waals surface area contributed by atoms with Crippen LogP contribution in [-0.4, -0.2) is 38.8 Å². The lowest BCUT2D eigenvalue weighted by molar-refractivity contribution is -0.131. The molecule has 0 aromatic carbocycles. The van der Waals surface area contributed by atoms with Crippen molar-refractivity contribution in [3.8, 4) is 0 Å². The minimum absolute atomic E-state index is 0.0780. The molecule has 0 fully saturated rings. The number of hydrogen-bond acceptors (Lipinski definition) is 2. The van der Waals surface area contributed by atoms with Gasteiger partial charge in [-0.25, -0.2) is 0 Å². The summed E-state index contributed by atoms with van der Waals surface area (Å²) >= 11 is 0. The fraction of sp³-hybridized carbons (Fsp3) is 0.727. The topological polar surface area (TPSA) is 29.5 Å². The SMILES string of the molecule is C[Si](C)(C)CCOCN1CCC=CC1=O. The quantitative estimate of drug-likeness (QED) is 0.531. The highest BCUT2D eigenvalue weighted by molar-refractivity contribution is 6.76. The number of rotatable bonds is 5. The molecule has 0 aliphatic carbocycles. The van der Waals surface area contributed by atoms with Crippen molar-refractivity contribution in [3.05, 3.63) is 12.2 Å². The number of carbonyl (C=O) groups excluding carboxylic acids is 1. The molecule has 3 nitrogen and oxygen atoms in total. The van der Waals surface area contributed by atoms with Crippen LogP contribution in [-0.2, 0) is 9.53 Å². The van der Waals surface area contributed by atoms with E-state index in [0.29, 0.717) is 6.73 Å². The Labute approximate surface area is 93.1 Å². The molecular weight excluding hydrogens is 206 g/mol. The molecule has 86 valence electrons. The zero-order valence-corrected chi connectivity index (χ0v) is 11.0. The van der Waals surface area contributed by atoms with Crippen LogP contribution in [0.2, 0.25) is 25.7 Å². The summed E-state index contributed by atoms with van der Waals surface area (Å²) in [5.74, 6) is 0.0780. The van der Waals surface area contributed by atoms with Gasteiger partial charge in [-0.3, -0.25) is 4.79 Å². The van der Waals surface area contributed by atoms with E-state index in [9.17, 15) is 4.79 Å². The molecule has 1 aliphatic rings. The van der Waals surface area contributed by atoms with E-state index in [2.05, 4.69) is 19.6 Å². The molecule has 1 amide bonds. The van der Waals surface area contributed by atoms with Gasteiger partial charge >= 0.3 is 0 Å². The van der Waals surface area contributed by atoms with E-state index in [0.717, 1.165) is 25.6 Å². The van der Waals surface area contributed by atoms with E-state index in [4.69, 9.17) is 4.74 Å². The predicted octanol–water partition coefficient (Wildman–Crippen LogP) is 2.09. The summed E-state index contributed by atoms with van der Waals surface area (Å²) < 4.78 is 5.53. The number of ether oxygens (including phenoxy) is 1. The largest absolute Gasteiger partial charge is 0.361 e. The second kappa shape index (κ2) is 5.46. The van der Waals surface area contributed by atoms with E-state index < -0.39 is 8.07 Å². The van der Waals surface area contributed by atoms with E-state index in [1.807, 2.05) is 6.08 Å². The van der Waals surface area contributed by atoms with E-state index in [-0.39, 0.29) is 5.91 Å². The lowest BCUT2D eigenvalue weighted by Gasteiger charge is -2.24. The van der Waals surface area contributed by atoms with Crippen LogP contribution in [0.5, 0.6) is 0 Å². The molecule has 0 spiro atoms. The maximum absolute atomic E-state index is 11.4. The Morgan fingerprint density at radius 1 is 1.47 bits per heavy atom. The van der Waals surface area contributed by atoms with Crippen molar-refractivity contribution in [1.82, 2.24) is 4.90 Å². The van der Waals surface area contributed by atoms with Crippen LogP contribution in [0.4, 0.5) is 0 Å². The first-order valence-electron chi connectivity index (χ1n) is 5.52. The minimum Gasteiger partial charge on any atom is -0.361 e. The van der Waals surface area contributed by atoms with Gasteiger partial charge in [0.2, 0.25) is 5.91 Å². The Balaban J connectivity index is 2.15. The van der Waals surface area contributed by atoms with E-state index >= 15 is 0 Å². The average Bonchev–Trinajstić information content (AvgIpc) is 2.13. The van der Waals surface area contributed by atoms with Crippen LogP contribution in [0.1, 0.15) is 6.42 Å². The summed E-state index contributed by atoms with van der Waals surface area (Å²) in [5, 5.41) is 0. The van der Waals surface area contributed by atoms with Gasteiger partial charge in [-0.2, -0.15) is 0 Å². The van der Waals surface area contributed by atoms with Crippen molar-refractivity contribution >= 4 is 14.0 Å². The van der Waals surface area contributed by atoms with Crippen molar-refractivity contribution in [2.24, 2.45) is 0 Å². The summed E-state index contributed by atoms with van der Waals surface area (Å²) in [6.45, 7) is 9.00. The molecule has 1 aliphatic heterocycles. The summed E-state index contributed by atoms with van der Waals surface area (Å²) in [7, 11) is -1.00. The number of carbonyl (C=O) groups is 1. The Bertz CT molecular complexity index is 245. The molecule has 4 heteroatoms. The zero-order valence-electron chi connectivity index (χ0n) is 9.95. The maximum Gasteiger partial charge on any atom is 0.248 e. The van der Waals surface area contributed by atoms with Crippen molar-refractivity contribution in [3.63, 3.8) is 0 Å². The van der Waals surface area contributed by atoms with Gasteiger partial charge in [0.05, 0.1) is 0 Å². The third-order valence-electron chi connectivity index (χ3n) is 2.38. The van der Waals surface area contributed by atoms with Crippen molar-refractivity contribution in [2.45, 2.75) is 32.1 Å². The second-order valence-electron chi connectivity index (χ2n) is 5.14. The molecule has 0 saturated carbocycles. The molecule has 15 heavy (non-hydrogen) atoms. The van der Waals surface area contributed by atoms with Crippen LogP contribution < -0.4 is 0 Å². The first-order chi connectivity index (χ1) is 6.99. The molecule has 1 rings (SSSR count). The fourth-order valence-corrected chi connectivity index (χ4v) is 2.07. The van der Waals surface area contributed by atoms with Gasteiger partial charge in [-0.1, -0.05) is 25.7 Å². The lowest BCUT2D eigenvalue weighted by Crippen LogP contribution is -2.35. The summed E-state index contributed by atoms with van der Waals surface area (Å²) in [6.07, 6.45) is 4.50. The molecule has 0 atom stereocenters. The molecule has 0 N–H and O–H groups in total. The highest BCUT2D eigenvalue weighted by atomic mass is 28.3. The molecular formula is C11H21NO2Si. The number of hydrogen-bond donors (Lipinski definition) is 0. The van der Waals surface area contributed by atoms with Gasteiger partial charge in [0.1, 0.15) is 6.73 Å². The highest BCUT2D eigenvalue weighted by Crippen LogP contribution is 2.08. The smallest absolute Gasteiger partial charge is 0.248 e. The Kier molecular flexibility index (Phi) is 4.54. The van der Waals surface area contributed by atoms with Crippen LogP contribution in [0.25, 0.3) is 0 Å². The van der Waals surface area contributed by atoms with Gasteiger partial charge in [-0.15, -0.1) is 0 Å². The van der Waals surface area contributed by atoms with Crippen LogP contribution >= 0.6 is 0 Å². The number of amides is 1. The van der Waals surface area contributed by atoms with Gasteiger partial charge in [0.25, 0.3) is 0 Å². The zero-order chi connectivity index (χ0) is 11.3. The molecule has 0 saturated heterocycles. The van der Waals surface area contributed by atoms with Crippen LogP contribution in [0.3, 0.4) is 0 Å². The van der Waals surface area contributed by atoms with Gasteiger partial charge in [0.15, 0.2) is 0 Å². The summed E-state index contributed by atoms with van der Waals surface area (Å²) in [4.78, 5) is 13.1. The van der Waals surface area contributed by atoms with Crippen molar-refractivity contribution < 1.29 is 9.53 Å². The standard InChI is InChI=1S/C11H21NO2Si/c1-15(2,3)9-8-14-10-12-7-5-4-6-11(12)13/h4,6H,5,7-10H2,1-3H3. The molecule has 1 heterocycles. The molecule has 0 aromatic heterocycles. The second-order valence-corrected chi connectivity index (χ2v) is 10.8. The first-order valence-corrected chi connectivity index (χ1v) is 9.23. The Morgan fingerprint density at radius 3 is 2.80 bits per heavy atom. The van der Waals surface area contributed by atoms with Gasteiger partial charge in [-0.05, 0) is 18.5 Å². The normalized spacial score (nSPS) is 17.3. The van der Waals surface area contributed by atoms with Gasteiger partial charge < -0.3 is 9.64 Å². The molecule has 0 unspecified atom stereocenters. The molecule has 0 bridgehead atoms. The third-order valence-corrected chi connectivity index (χ3v) is 4.09. The van der Waals surface area contributed by atoms with E-state index in [1.165, 1.54) is 0 Å². The van der Waals surface area contributed by atoms with Crippen molar-refractivity contribution in [2.75, 3.05) is 19.9 Å². The summed E-state index contributed by atoms with van der Waals surface area (Å²) in [5.41, 5.74) is 0. The molecule has 0 radical (unpaired) electrons. The summed E-state index contributed by atoms with van der Waals surface area (Å²) in [6, 6.07) is 1.16. The average molecular weight is 227 g/mol.